The minimum absolute atomic E-state index is 0.0161. The molecule has 2 heterocycles. The normalized spacial score (nSPS) is 13.0. The third kappa shape index (κ3) is 9.03. The van der Waals surface area contributed by atoms with Crippen LogP contribution in [0.15, 0.2) is 66.9 Å². The summed E-state index contributed by atoms with van der Waals surface area (Å²) in [6.07, 6.45) is 5.37. The zero-order chi connectivity index (χ0) is 33.9. The molecule has 1 amide bonds. The van der Waals surface area contributed by atoms with Crippen LogP contribution in [0.2, 0.25) is 0 Å². The van der Waals surface area contributed by atoms with Gasteiger partial charge in [0.2, 0.25) is 5.95 Å². The van der Waals surface area contributed by atoms with Gasteiger partial charge in [-0.05, 0) is 93.4 Å². The SMILES string of the molecule is COc1ccc(OC)c(CN(C(=O)Oc2cc(C)ccc2OC)c2ccnc(Nc3ccc(OCCCN4CCCCC4)c(F)c3)n2)c1. The maximum absolute atomic E-state index is 15.0. The minimum atomic E-state index is -0.721. The molecule has 1 N–H and O–H groups in total. The van der Waals surface area contributed by atoms with E-state index in [2.05, 4.69) is 20.2 Å². The summed E-state index contributed by atoms with van der Waals surface area (Å²) in [5, 5.41) is 3.03. The first kappa shape index (κ1) is 34.2. The fourth-order valence-electron chi connectivity index (χ4n) is 5.47. The second-order valence-electron chi connectivity index (χ2n) is 11.4. The number of ether oxygens (including phenoxy) is 5. The summed E-state index contributed by atoms with van der Waals surface area (Å²) in [5.74, 6) is 1.82. The number of amides is 1. The Hall–Kier alpha value is -5.10. The van der Waals surface area contributed by atoms with Crippen LogP contribution < -0.4 is 33.9 Å². The van der Waals surface area contributed by atoms with E-state index in [0.717, 1.165) is 31.6 Å². The first-order valence-electron chi connectivity index (χ1n) is 16.0. The molecule has 12 heteroatoms. The number of halogens is 1. The lowest BCUT2D eigenvalue weighted by Crippen LogP contribution is -2.34. The summed E-state index contributed by atoms with van der Waals surface area (Å²) < 4.78 is 43.0. The number of anilines is 3. The van der Waals surface area contributed by atoms with Gasteiger partial charge in [0.25, 0.3) is 0 Å². The molecule has 254 valence electrons. The highest BCUT2D eigenvalue weighted by atomic mass is 19.1. The number of aryl methyl sites for hydroxylation is 1. The Labute approximate surface area is 280 Å². The predicted molar refractivity (Wildman–Crippen MR) is 182 cm³/mol. The van der Waals surface area contributed by atoms with Crippen molar-refractivity contribution >= 4 is 23.5 Å². The number of nitrogens with one attached hydrogen (secondary N) is 1. The monoisotopic (exact) mass is 659 g/mol. The number of hydrogen-bond donors (Lipinski definition) is 1. The van der Waals surface area contributed by atoms with E-state index >= 15 is 4.39 Å². The summed E-state index contributed by atoms with van der Waals surface area (Å²) in [5.41, 5.74) is 1.94. The maximum atomic E-state index is 15.0. The lowest BCUT2D eigenvalue weighted by molar-refractivity contribution is 0.203. The van der Waals surface area contributed by atoms with Gasteiger partial charge in [0.15, 0.2) is 23.1 Å². The molecule has 0 atom stereocenters. The molecule has 0 unspecified atom stereocenters. The van der Waals surface area contributed by atoms with Crippen molar-refractivity contribution in [1.29, 1.82) is 0 Å². The van der Waals surface area contributed by atoms with Crippen LogP contribution in [0, 0.1) is 12.7 Å². The summed E-state index contributed by atoms with van der Waals surface area (Å²) >= 11 is 0. The fraction of sp³-hybridized carbons (Fsp3) is 0.361. The molecule has 0 saturated carbocycles. The number of carbonyl (C=O) groups excluding carboxylic acids is 1. The van der Waals surface area contributed by atoms with Crippen LogP contribution in [-0.4, -0.2) is 68.5 Å². The number of rotatable bonds is 14. The second-order valence-corrected chi connectivity index (χ2v) is 11.4. The van der Waals surface area contributed by atoms with Crippen molar-refractivity contribution < 1.29 is 32.9 Å². The molecule has 0 radical (unpaired) electrons. The number of piperidine rings is 1. The van der Waals surface area contributed by atoms with Crippen LogP contribution in [0.4, 0.5) is 26.6 Å². The van der Waals surface area contributed by atoms with Crippen molar-refractivity contribution in [2.45, 2.75) is 39.2 Å². The van der Waals surface area contributed by atoms with Gasteiger partial charge in [-0.1, -0.05) is 12.5 Å². The Bertz CT molecular complexity index is 1680. The van der Waals surface area contributed by atoms with Crippen LogP contribution in [0.25, 0.3) is 0 Å². The number of methoxy groups -OCH3 is 3. The molecule has 0 spiro atoms. The molecule has 1 aromatic heterocycles. The third-order valence-electron chi connectivity index (χ3n) is 7.98. The van der Waals surface area contributed by atoms with E-state index in [9.17, 15) is 4.79 Å². The summed E-state index contributed by atoms with van der Waals surface area (Å²) in [7, 11) is 4.60. The molecular formula is C36H42FN5O6. The van der Waals surface area contributed by atoms with Crippen molar-refractivity contribution in [2.24, 2.45) is 0 Å². The highest BCUT2D eigenvalue weighted by Gasteiger charge is 2.24. The van der Waals surface area contributed by atoms with E-state index in [0.29, 0.717) is 35.1 Å². The molecule has 1 saturated heterocycles. The van der Waals surface area contributed by atoms with E-state index in [1.54, 1.807) is 62.8 Å². The standard InChI is InChI=1S/C36H42FN5O6/c1-25-9-12-32(46-4)33(21-25)48-36(43)42(24-26-22-28(44-2)11-14-30(26)45-3)34-15-16-38-35(40-34)39-27-10-13-31(29(37)23-27)47-20-8-19-41-17-6-5-7-18-41/h9-16,21-23H,5-8,17-20,24H2,1-4H3,(H,38,39,40). The van der Waals surface area contributed by atoms with E-state index in [1.165, 1.54) is 43.5 Å². The largest absolute Gasteiger partial charge is 0.497 e. The van der Waals surface area contributed by atoms with Gasteiger partial charge in [-0.25, -0.2) is 14.2 Å². The van der Waals surface area contributed by atoms with Crippen molar-refractivity contribution in [1.82, 2.24) is 14.9 Å². The molecule has 4 aromatic rings. The van der Waals surface area contributed by atoms with Gasteiger partial charge in [0.05, 0.1) is 34.5 Å². The quantitative estimate of drug-likeness (QED) is 0.140. The highest BCUT2D eigenvalue weighted by Crippen LogP contribution is 2.31. The summed E-state index contributed by atoms with van der Waals surface area (Å²) in [6, 6.07) is 16.8. The molecule has 48 heavy (non-hydrogen) atoms. The smallest absolute Gasteiger partial charge is 0.421 e. The second kappa shape index (κ2) is 16.6. The Kier molecular flexibility index (Phi) is 11.9. The molecule has 11 nitrogen and oxygen atoms in total. The van der Waals surface area contributed by atoms with Crippen molar-refractivity contribution in [2.75, 3.05) is 57.8 Å². The van der Waals surface area contributed by atoms with Crippen LogP contribution in [0.3, 0.4) is 0 Å². The molecule has 0 bridgehead atoms. The molecular weight excluding hydrogens is 617 g/mol. The van der Waals surface area contributed by atoms with E-state index in [-0.39, 0.29) is 29.8 Å². The van der Waals surface area contributed by atoms with Gasteiger partial charge in [0.1, 0.15) is 17.3 Å². The van der Waals surface area contributed by atoms with Gasteiger partial charge in [0, 0.05) is 30.1 Å². The lowest BCUT2D eigenvalue weighted by atomic mass is 10.1. The molecule has 5 rings (SSSR count). The topological polar surface area (TPSA) is 108 Å². The van der Waals surface area contributed by atoms with Crippen molar-refractivity contribution in [3.8, 4) is 28.7 Å². The zero-order valence-electron chi connectivity index (χ0n) is 27.8. The fourth-order valence-corrected chi connectivity index (χ4v) is 5.47. The highest BCUT2D eigenvalue weighted by molar-refractivity contribution is 5.88. The van der Waals surface area contributed by atoms with Crippen LogP contribution in [0.5, 0.6) is 28.7 Å². The molecule has 0 aliphatic carbocycles. The average Bonchev–Trinajstić information content (AvgIpc) is 3.10. The van der Waals surface area contributed by atoms with Gasteiger partial charge in [-0.15, -0.1) is 0 Å². The number of hydrogen-bond acceptors (Lipinski definition) is 10. The van der Waals surface area contributed by atoms with Crippen LogP contribution >= 0.6 is 0 Å². The maximum Gasteiger partial charge on any atom is 0.421 e. The van der Waals surface area contributed by atoms with Gasteiger partial charge < -0.3 is 33.9 Å². The number of carbonyl (C=O) groups is 1. The number of aromatic nitrogens is 2. The Morgan fingerprint density at radius 2 is 1.67 bits per heavy atom. The zero-order valence-corrected chi connectivity index (χ0v) is 27.8. The average molecular weight is 660 g/mol. The van der Waals surface area contributed by atoms with Gasteiger partial charge >= 0.3 is 6.09 Å². The van der Waals surface area contributed by atoms with E-state index < -0.39 is 11.9 Å². The molecule has 1 aliphatic rings. The van der Waals surface area contributed by atoms with Crippen molar-refractivity contribution in [3.63, 3.8) is 0 Å². The van der Waals surface area contributed by atoms with Crippen LogP contribution in [-0.2, 0) is 6.54 Å². The molecule has 1 fully saturated rings. The van der Waals surface area contributed by atoms with Gasteiger partial charge in [-0.2, -0.15) is 4.98 Å². The van der Waals surface area contributed by atoms with Gasteiger partial charge in [-0.3, -0.25) is 4.90 Å². The van der Waals surface area contributed by atoms with E-state index in [4.69, 9.17) is 23.7 Å². The Balaban J connectivity index is 1.34. The molecule has 1 aliphatic heterocycles. The first-order chi connectivity index (χ1) is 23.4. The number of nitrogens with zero attached hydrogens (tertiary/aromatic N) is 4. The predicted octanol–water partition coefficient (Wildman–Crippen LogP) is 7.15. The first-order valence-corrected chi connectivity index (χ1v) is 16.0. The summed E-state index contributed by atoms with van der Waals surface area (Å²) in [4.78, 5) is 26.5. The Morgan fingerprint density at radius 3 is 2.42 bits per heavy atom. The summed E-state index contributed by atoms with van der Waals surface area (Å²) in [6.45, 7) is 5.52. The number of benzene rings is 3. The van der Waals surface area contributed by atoms with Crippen LogP contribution in [0.1, 0.15) is 36.8 Å². The number of likely N-dealkylation sites (tertiary alicyclic amines) is 1. The Morgan fingerprint density at radius 1 is 0.896 bits per heavy atom. The lowest BCUT2D eigenvalue weighted by Gasteiger charge is -2.26. The minimum Gasteiger partial charge on any atom is -0.497 e. The molecule has 3 aromatic carbocycles. The third-order valence-corrected chi connectivity index (χ3v) is 7.98. The van der Waals surface area contributed by atoms with E-state index in [1.807, 2.05) is 13.0 Å². The van der Waals surface area contributed by atoms with Crippen molar-refractivity contribution in [3.05, 3.63) is 83.8 Å².